The summed E-state index contributed by atoms with van der Waals surface area (Å²) in [7, 11) is 0. The van der Waals surface area contributed by atoms with Crippen LogP contribution in [0.15, 0.2) is 6.07 Å². The molecular formula is C16H21N3O3S. The first-order valence-electron chi connectivity index (χ1n) is 8.01. The Bertz CT molecular complexity index is 641. The highest BCUT2D eigenvalue weighted by molar-refractivity contribution is 7.14. The maximum absolute atomic E-state index is 12.2. The second-order valence-electron chi connectivity index (χ2n) is 6.33. The number of hydrogen-bond acceptors (Lipinski definition) is 4. The van der Waals surface area contributed by atoms with E-state index in [0.717, 1.165) is 25.7 Å². The minimum atomic E-state index is -0.372. The van der Waals surface area contributed by atoms with E-state index >= 15 is 0 Å². The highest BCUT2D eigenvalue weighted by Gasteiger charge is 2.23. The van der Waals surface area contributed by atoms with Crippen LogP contribution in [0.3, 0.4) is 0 Å². The lowest BCUT2D eigenvalue weighted by Crippen LogP contribution is -2.46. The van der Waals surface area contributed by atoms with E-state index in [4.69, 9.17) is 0 Å². The fourth-order valence-corrected chi connectivity index (χ4v) is 4.19. The highest BCUT2D eigenvalue weighted by Crippen LogP contribution is 2.32. The summed E-state index contributed by atoms with van der Waals surface area (Å²) in [6.45, 7) is 2.83. The molecule has 0 bridgehead atoms. The molecule has 3 rings (SSSR count). The molecule has 1 aromatic rings. The van der Waals surface area contributed by atoms with E-state index in [9.17, 15) is 14.4 Å². The van der Waals surface area contributed by atoms with Gasteiger partial charge in [-0.15, -0.1) is 11.3 Å². The molecule has 0 aromatic carbocycles. The van der Waals surface area contributed by atoms with Crippen LogP contribution in [0.25, 0.3) is 0 Å². The summed E-state index contributed by atoms with van der Waals surface area (Å²) in [5.41, 5.74) is 6.09. The van der Waals surface area contributed by atoms with Crippen LogP contribution in [-0.2, 0) is 22.4 Å². The summed E-state index contributed by atoms with van der Waals surface area (Å²) in [5, 5.41) is 0. The molecule has 2 N–H and O–H groups in total. The molecule has 0 spiro atoms. The zero-order valence-corrected chi connectivity index (χ0v) is 14.0. The third-order valence-corrected chi connectivity index (χ3v) is 5.61. The first kappa shape index (κ1) is 16.0. The Kier molecular flexibility index (Phi) is 4.66. The van der Waals surface area contributed by atoms with Crippen LogP contribution in [0.4, 0.5) is 0 Å². The van der Waals surface area contributed by atoms with Gasteiger partial charge in [0.1, 0.15) is 6.54 Å². The highest BCUT2D eigenvalue weighted by atomic mass is 32.1. The number of carbonyl (C=O) groups excluding carboxylic acids is 3. The number of fused-ring (bicyclic) bond motifs is 1. The molecule has 7 heteroatoms. The fourth-order valence-electron chi connectivity index (χ4n) is 3.09. The number of nitrogens with zero attached hydrogens (tertiary/aromatic N) is 1. The summed E-state index contributed by atoms with van der Waals surface area (Å²) >= 11 is 1.50. The number of likely N-dealkylation sites (tertiary alicyclic amines) is 1. The third-order valence-electron chi connectivity index (χ3n) is 4.37. The minimum Gasteiger partial charge on any atom is -0.333 e. The average molecular weight is 335 g/mol. The zero-order chi connectivity index (χ0) is 16.4. The van der Waals surface area contributed by atoms with Gasteiger partial charge in [-0.05, 0) is 43.2 Å². The molecule has 1 aliphatic heterocycles. The van der Waals surface area contributed by atoms with Crippen LogP contribution >= 0.6 is 11.3 Å². The van der Waals surface area contributed by atoms with Gasteiger partial charge in [-0.1, -0.05) is 6.92 Å². The molecule has 1 atom stereocenters. The maximum atomic E-state index is 12.2. The Morgan fingerprint density at radius 3 is 2.91 bits per heavy atom. The quantitative estimate of drug-likeness (QED) is 0.816. The standard InChI is InChI=1S/C16H21N3O3S/c1-10-4-5-12-11(7-10)8-13(23-12)16(22)18-17-14(20)9-19-6-2-3-15(19)21/h8,10H,2-7,9H2,1H3,(H,17,20)(H,18,22)/t10-/m0/s1. The SMILES string of the molecule is C[C@H]1CCc2sc(C(=O)NNC(=O)CN3CCCC3=O)cc2C1. The van der Waals surface area contributed by atoms with Crippen molar-refractivity contribution in [2.75, 3.05) is 13.1 Å². The monoisotopic (exact) mass is 335 g/mol. The number of rotatable bonds is 3. The number of hydrazine groups is 1. The van der Waals surface area contributed by atoms with Crippen molar-refractivity contribution in [1.29, 1.82) is 0 Å². The summed E-state index contributed by atoms with van der Waals surface area (Å²) < 4.78 is 0. The van der Waals surface area contributed by atoms with Gasteiger partial charge in [0.25, 0.3) is 11.8 Å². The van der Waals surface area contributed by atoms with Crippen molar-refractivity contribution in [3.63, 3.8) is 0 Å². The van der Waals surface area contributed by atoms with Crippen molar-refractivity contribution in [1.82, 2.24) is 15.8 Å². The van der Waals surface area contributed by atoms with Gasteiger partial charge in [0.15, 0.2) is 0 Å². The normalized spacial score (nSPS) is 20.3. The van der Waals surface area contributed by atoms with Crippen LogP contribution in [0.5, 0.6) is 0 Å². The number of carbonyl (C=O) groups is 3. The molecule has 6 nitrogen and oxygen atoms in total. The van der Waals surface area contributed by atoms with Gasteiger partial charge >= 0.3 is 0 Å². The Hall–Kier alpha value is -1.89. The van der Waals surface area contributed by atoms with Crippen molar-refractivity contribution in [2.45, 2.75) is 39.0 Å². The number of amides is 3. The van der Waals surface area contributed by atoms with Gasteiger partial charge < -0.3 is 4.90 Å². The van der Waals surface area contributed by atoms with E-state index in [-0.39, 0.29) is 24.3 Å². The Morgan fingerprint density at radius 2 is 2.17 bits per heavy atom. The van der Waals surface area contributed by atoms with Crippen LogP contribution in [0.2, 0.25) is 0 Å². The van der Waals surface area contributed by atoms with Gasteiger partial charge in [0, 0.05) is 17.8 Å². The second kappa shape index (κ2) is 6.70. The van der Waals surface area contributed by atoms with E-state index in [1.807, 2.05) is 6.07 Å². The van der Waals surface area contributed by atoms with Crippen molar-refractivity contribution < 1.29 is 14.4 Å². The van der Waals surface area contributed by atoms with Crippen LogP contribution < -0.4 is 10.9 Å². The van der Waals surface area contributed by atoms with Crippen molar-refractivity contribution in [3.8, 4) is 0 Å². The predicted octanol–water partition coefficient (Wildman–Crippen LogP) is 1.26. The van der Waals surface area contributed by atoms with Gasteiger partial charge in [-0.3, -0.25) is 25.2 Å². The summed E-state index contributed by atoms with van der Waals surface area (Å²) in [4.78, 5) is 38.8. The largest absolute Gasteiger partial charge is 0.333 e. The Balaban J connectivity index is 1.51. The molecule has 1 aliphatic carbocycles. The Labute approximate surface area is 139 Å². The molecule has 1 saturated heterocycles. The molecule has 0 radical (unpaired) electrons. The minimum absolute atomic E-state index is 0.00241. The lowest BCUT2D eigenvalue weighted by atomic mass is 9.90. The first-order valence-corrected chi connectivity index (χ1v) is 8.83. The molecule has 2 aliphatic rings. The summed E-state index contributed by atoms with van der Waals surface area (Å²) in [5.74, 6) is -0.0149. The average Bonchev–Trinajstić information content (AvgIpc) is 3.11. The molecule has 0 saturated carbocycles. The van der Waals surface area contributed by atoms with Gasteiger partial charge in [-0.2, -0.15) is 0 Å². The number of aryl methyl sites for hydroxylation is 1. The van der Waals surface area contributed by atoms with Crippen LogP contribution in [0.1, 0.15) is 46.3 Å². The van der Waals surface area contributed by atoms with Crippen molar-refractivity contribution in [2.24, 2.45) is 5.92 Å². The van der Waals surface area contributed by atoms with Crippen LogP contribution in [-0.4, -0.2) is 35.7 Å². The Morgan fingerprint density at radius 1 is 1.35 bits per heavy atom. The van der Waals surface area contributed by atoms with E-state index in [1.54, 1.807) is 0 Å². The van der Waals surface area contributed by atoms with Crippen LogP contribution in [0, 0.1) is 5.92 Å². The third kappa shape index (κ3) is 3.72. The lowest BCUT2D eigenvalue weighted by Gasteiger charge is -2.16. The zero-order valence-electron chi connectivity index (χ0n) is 13.2. The van der Waals surface area contributed by atoms with Gasteiger partial charge in [0.2, 0.25) is 5.91 Å². The number of hydrogen-bond donors (Lipinski definition) is 2. The number of nitrogens with one attached hydrogen (secondary N) is 2. The molecule has 3 amide bonds. The molecular weight excluding hydrogens is 314 g/mol. The fraction of sp³-hybridized carbons (Fsp3) is 0.562. The summed E-state index contributed by atoms with van der Waals surface area (Å²) in [6, 6.07) is 1.93. The number of thiophene rings is 1. The molecule has 124 valence electrons. The molecule has 2 heterocycles. The van der Waals surface area contributed by atoms with E-state index in [0.29, 0.717) is 23.8 Å². The summed E-state index contributed by atoms with van der Waals surface area (Å²) in [6.07, 6.45) is 4.49. The van der Waals surface area contributed by atoms with Gasteiger partial charge in [-0.25, -0.2) is 0 Å². The second-order valence-corrected chi connectivity index (χ2v) is 7.46. The molecule has 0 unspecified atom stereocenters. The topological polar surface area (TPSA) is 78.5 Å². The lowest BCUT2D eigenvalue weighted by molar-refractivity contribution is -0.133. The molecule has 1 fully saturated rings. The van der Waals surface area contributed by atoms with E-state index < -0.39 is 0 Å². The maximum Gasteiger partial charge on any atom is 0.279 e. The van der Waals surface area contributed by atoms with Crippen molar-refractivity contribution >= 4 is 29.1 Å². The predicted molar refractivity (Wildman–Crippen MR) is 86.9 cm³/mol. The first-order chi connectivity index (χ1) is 11.0. The van der Waals surface area contributed by atoms with Crippen molar-refractivity contribution in [3.05, 3.63) is 21.4 Å². The van der Waals surface area contributed by atoms with E-state index in [1.165, 1.54) is 26.7 Å². The molecule has 23 heavy (non-hydrogen) atoms. The van der Waals surface area contributed by atoms with E-state index in [2.05, 4.69) is 17.8 Å². The van der Waals surface area contributed by atoms with Gasteiger partial charge in [0.05, 0.1) is 4.88 Å². The molecule has 1 aromatic heterocycles. The smallest absolute Gasteiger partial charge is 0.279 e.